The molecule has 0 aliphatic carbocycles. The minimum atomic E-state index is -0.0804. The topological polar surface area (TPSA) is 46.9 Å². The van der Waals surface area contributed by atoms with Gasteiger partial charge in [-0.05, 0) is 6.07 Å². The van der Waals surface area contributed by atoms with E-state index < -0.39 is 0 Å². The second-order valence-corrected chi connectivity index (χ2v) is 3.23. The number of amides is 1. The first-order valence-corrected chi connectivity index (χ1v) is 5.37. The largest absolute Gasteiger partial charge is 0.324 e. The standard InChI is InChI=1S/C10H11N3O.C2H6/c1-7(14)11-9-5-3-4-8-6-13(2)12-10(8)9;1-2/h3-6H,1-2H3,(H,11,14);1-2H3. The van der Waals surface area contributed by atoms with E-state index in [4.69, 9.17) is 0 Å². The van der Waals surface area contributed by atoms with Crippen LogP contribution in [0.15, 0.2) is 24.4 Å². The van der Waals surface area contributed by atoms with Crippen LogP contribution >= 0.6 is 0 Å². The number of carbonyl (C=O) groups is 1. The van der Waals surface area contributed by atoms with Gasteiger partial charge in [0.2, 0.25) is 5.91 Å². The van der Waals surface area contributed by atoms with Crippen molar-refractivity contribution in [3.05, 3.63) is 24.4 Å². The molecule has 2 aromatic rings. The van der Waals surface area contributed by atoms with Gasteiger partial charge in [0.25, 0.3) is 0 Å². The molecule has 0 aliphatic rings. The highest BCUT2D eigenvalue weighted by Gasteiger charge is 2.04. The number of fused-ring (bicyclic) bond motifs is 1. The van der Waals surface area contributed by atoms with Crippen molar-refractivity contribution in [2.75, 3.05) is 5.32 Å². The molecule has 86 valence electrons. The summed E-state index contributed by atoms with van der Waals surface area (Å²) in [5, 5.41) is 8.04. The Balaban J connectivity index is 0.000000606. The normalized spacial score (nSPS) is 9.50. The molecule has 1 amide bonds. The average Bonchev–Trinajstić information content (AvgIpc) is 2.62. The minimum Gasteiger partial charge on any atom is -0.324 e. The number of hydrogen-bond acceptors (Lipinski definition) is 2. The Morgan fingerprint density at radius 2 is 2.06 bits per heavy atom. The quantitative estimate of drug-likeness (QED) is 0.801. The minimum absolute atomic E-state index is 0.0804. The van der Waals surface area contributed by atoms with Gasteiger partial charge < -0.3 is 5.32 Å². The third-order valence-electron chi connectivity index (χ3n) is 1.96. The average molecular weight is 219 g/mol. The van der Waals surface area contributed by atoms with E-state index in [0.29, 0.717) is 0 Å². The van der Waals surface area contributed by atoms with Crippen molar-refractivity contribution in [3.8, 4) is 0 Å². The Kier molecular flexibility index (Phi) is 4.05. The number of hydrogen-bond donors (Lipinski definition) is 1. The van der Waals surface area contributed by atoms with Gasteiger partial charge in [0.15, 0.2) is 0 Å². The summed E-state index contributed by atoms with van der Waals surface area (Å²) < 4.78 is 1.73. The molecule has 0 saturated carbocycles. The summed E-state index contributed by atoms with van der Waals surface area (Å²) in [5.41, 5.74) is 1.58. The zero-order chi connectivity index (χ0) is 12.1. The summed E-state index contributed by atoms with van der Waals surface area (Å²) in [6.07, 6.45) is 1.92. The van der Waals surface area contributed by atoms with Gasteiger partial charge in [-0.3, -0.25) is 9.48 Å². The summed E-state index contributed by atoms with van der Waals surface area (Å²) in [6, 6.07) is 5.71. The summed E-state index contributed by atoms with van der Waals surface area (Å²) in [6.45, 7) is 5.49. The van der Waals surface area contributed by atoms with E-state index in [9.17, 15) is 4.79 Å². The summed E-state index contributed by atoms with van der Waals surface area (Å²) in [4.78, 5) is 10.9. The van der Waals surface area contributed by atoms with Crippen LogP contribution in [0, 0.1) is 0 Å². The molecule has 4 heteroatoms. The maximum Gasteiger partial charge on any atom is 0.221 e. The summed E-state index contributed by atoms with van der Waals surface area (Å²) >= 11 is 0. The van der Waals surface area contributed by atoms with E-state index in [1.165, 1.54) is 6.92 Å². The molecule has 0 saturated heterocycles. The molecule has 0 aliphatic heterocycles. The van der Waals surface area contributed by atoms with Crippen LogP contribution in [-0.2, 0) is 11.8 Å². The number of nitrogens with zero attached hydrogens (tertiary/aromatic N) is 2. The number of rotatable bonds is 1. The molecule has 16 heavy (non-hydrogen) atoms. The smallest absolute Gasteiger partial charge is 0.221 e. The van der Waals surface area contributed by atoms with Gasteiger partial charge in [0, 0.05) is 25.6 Å². The van der Waals surface area contributed by atoms with Crippen molar-refractivity contribution >= 4 is 22.5 Å². The molecule has 1 heterocycles. The van der Waals surface area contributed by atoms with E-state index in [0.717, 1.165) is 16.6 Å². The van der Waals surface area contributed by atoms with Gasteiger partial charge in [-0.2, -0.15) is 5.10 Å². The molecule has 0 atom stereocenters. The molecule has 0 bridgehead atoms. The number of carbonyl (C=O) groups excluding carboxylic acids is 1. The fraction of sp³-hybridized carbons (Fsp3) is 0.333. The van der Waals surface area contributed by atoms with Crippen molar-refractivity contribution in [1.82, 2.24) is 9.78 Å². The first-order chi connectivity index (χ1) is 7.66. The van der Waals surface area contributed by atoms with E-state index in [2.05, 4.69) is 10.4 Å². The van der Waals surface area contributed by atoms with Crippen molar-refractivity contribution in [3.63, 3.8) is 0 Å². The summed E-state index contributed by atoms with van der Waals surface area (Å²) in [7, 11) is 1.86. The number of benzene rings is 1. The lowest BCUT2D eigenvalue weighted by atomic mass is 10.2. The first-order valence-electron chi connectivity index (χ1n) is 5.37. The summed E-state index contributed by atoms with van der Waals surface area (Å²) in [5.74, 6) is -0.0804. The highest BCUT2D eigenvalue weighted by atomic mass is 16.1. The van der Waals surface area contributed by atoms with Gasteiger partial charge in [-0.1, -0.05) is 26.0 Å². The molecule has 1 aromatic carbocycles. The van der Waals surface area contributed by atoms with E-state index in [-0.39, 0.29) is 5.91 Å². The highest BCUT2D eigenvalue weighted by molar-refractivity contribution is 5.99. The Hall–Kier alpha value is -1.84. The molecule has 0 radical (unpaired) electrons. The highest BCUT2D eigenvalue weighted by Crippen LogP contribution is 2.20. The third-order valence-corrected chi connectivity index (χ3v) is 1.96. The fourth-order valence-corrected chi connectivity index (χ4v) is 1.46. The van der Waals surface area contributed by atoms with Gasteiger partial charge in [0.05, 0.1) is 5.69 Å². The lowest BCUT2D eigenvalue weighted by Gasteiger charge is -2.01. The molecular weight excluding hydrogens is 202 g/mol. The van der Waals surface area contributed by atoms with Crippen LogP contribution in [0.2, 0.25) is 0 Å². The lowest BCUT2D eigenvalue weighted by molar-refractivity contribution is -0.114. The molecule has 1 aromatic heterocycles. The predicted molar refractivity (Wildman–Crippen MR) is 66.4 cm³/mol. The van der Waals surface area contributed by atoms with Crippen LogP contribution in [0.4, 0.5) is 5.69 Å². The van der Waals surface area contributed by atoms with E-state index in [1.807, 2.05) is 45.3 Å². The van der Waals surface area contributed by atoms with Crippen LogP contribution in [0.3, 0.4) is 0 Å². The Bertz CT molecular complexity index is 488. The maximum atomic E-state index is 10.9. The van der Waals surface area contributed by atoms with Crippen LogP contribution in [-0.4, -0.2) is 15.7 Å². The number of aryl methyl sites for hydroxylation is 1. The molecule has 0 fully saturated rings. The molecule has 4 nitrogen and oxygen atoms in total. The van der Waals surface area contributed by atoms with Crippen molar-refractivity contribution in [1.29, 1.82) is 0 Å². The van der Waals surface area contributed by atoms with Gasteiger partial charge >= 0.3 is 0 Å². The van der Waals surface area contributed by atoms with E-state index >= 15 is 0 Å². The van der Waals surface area contributed by atoms with Gasteiger partial charge in [0.1, 0.15) is 5.52 Å². The van der Waals surface area contributed by atoms with Gasteiger partial charge in [-0.25, -0.2) is 0 Å². The number of anilines is 1. The van der Waals surface area contributed by atoms with Crippen molar-refractivity contribution < 1.29 is 4.79 Å². The van der Waals surface area contributed by atoms with Crippen molar-refractivity contribution in [2.45, 2.75) is 20.8 Å². The first kappa shape index (κ1) is 12.2. The molecule has 2 rings (SSSR count). The van der Waals surface area contributed by atoms with Crippen LogP contribution in [0.1, 0.15) is 20.8 Å². The number of nitrogens with one attached hydrogen (secondary N) is 1. The van der Waals surface area contributed by atoms with Crippen LogP contribution in [0.5, 0.6) is 0 Å². The predicted octanol–water partition coefficient (Wildman–Crippen LogP) is 2.56. The Labute approximate surface area is 95.3 Å². The van der Waals surface area contributed by atoms with Gasteiger partial charge in [-0.15, -0.1) is 0 Å². The van der Waals surface area contributed by atoms with Crippen molar-refractivity contribution in [2.24, 2.45) is 7.05 Å². The zero-order valence-electron chi connectivity index (χ0n) is 10.1. The second-order valence-electron chi connectivity index (χ2n) is 3.23. The molecule has 0 spiro atoms. The van der Waals surface area contributed by atoms with Crippen LogP contribution < -0.4 is 5.32 Å². The Morgan fingerprint density at radius 3 is 2.69 bits per heavy atom. The Morgan fingerprint density at radius 1 is 1.38 bits per heavy atom. The molecular formula is C12H17N3O. The molecule has 1 N–H and O–H groups in total. The number of aromatic nitrogens is 2. The van der Waals surface area contributed by atoms with Crippen LogP contribution in [0.25, 0.3) is 10.9 Å². The third kappa shape index (κ3) is 2.59. The maximum absolute atomic E-state index is 10.9. The second kappa shape index (κ2) is 5.30. The lowest BCUT2D eigenvalue weighted by Crippen LogP contribution is -2.06. The van der Waals surface area contributed by atoms with E-state index in [1.54, 1.807) is 4.68 Å². The fourth-order valence-electron chi connectivity index (χ4n) is 1.46. The zero-order valence-corrected chi connectivity index (χ0v) is 10.1. The monoisotopic (exact) mass is 219 g/mol. The SMILES string of the molecule is CC.CC(=O)Nc1cccc2cn(C)nc12. The molecule has 0 unspecified atom stereocenters.